The van der Waals surface area contributed by atoms with Crippen LogP contribution in [0.1, 0.15) is 58.4 Å². The van der Waals surface area contributed by atoms with Gasteiger partial charge in [0.15, 0.2) is 0 Å². The zero-order valence-electron chi connectivity index (χ0n) is 22.4. The maximum absolute atomic E-state index is 13.3. The average Bonchev–Trinajstić information content (AvgIpc) is 3.37. The zero-order chi connectivity index (χ0) is 26.8. The van der Waals surface area contributed by atoms with Gasteiger partial charge in [-0.05, 0) is 63.0 Å². The molecule has 37 heavy (non-hydrogen) atoms. The standard InChI is InChI=1S/C27H41N3O5S2/c1-27(2,3)35-26(33)30-18-37-17-23(30)25(32)29-22(16-36-15-20-8-6-5-7-9-20)24(31)28-14-19-10-12-21(34-4)13-11-19/h10-13,20,22-23H,5-9,14-18H2,1-4H3,(H,28,31)(H,29,32)/t22-,23-/m1/s1. The predicted octanol–water partition coefficient (Wildman–Crippen LogP) is 4.42. The van der Waals surface area contributed by atoms with Gasteiger partial charge in [-0.15, -0.1) is 11.8 Å². The van der Waals surface area contributed by atoms with Crippen molar-refractivity contribution in [2.75, 3.05) is 30.2 Å². The summed E-state index contributed by atoms with van der Waals surface area (Å²) in [6.07, 6.45) is 5.81. The Labute approximate surface area is 229 Å². The van der Waals surface area contributed by atoms with Gasteiger partial charge >= 0.3 is 6.09 Å². The van der Waals surface area contributed by atoms with Crippen molar-refractivity contribution in [1.82, 2.24) is 15.5 Å². The van der Waals surface area contributed by atoms with Crippen molar-refractivity contribution >= 4 is 41.4 Å². The fourth-order valence-electron chi connectivity index (χ4n) is 4.37. The van der Waals surface area contributed by atoms with E-state index in [1.54, 1.807) is 39.6 Å². The van der Waals surface area contributed by atoms with Gasteiger partial charge in [0.25, 0.3) is 0 Å². The molecule has 3 rings (SSSR count). The zero-order valence-corrected chi connectivity index (χ0v) is 24.1. The summed E-state index contributed by atoms with van der Waals surface area (Å²) in [5.41, 5.74) is 0.294. The van der Waals surface area contributed by atoms with Crippen LogP contribution in [0.3, 0.4) is 0 Å². The van der Waals surface area contributed by atoms with E-state index in [0.29, 0.717) is 29.8 Å². The number of hydrogen-bond donors (Lipinski definition) is 2. The molecule has 2 atom stereocenters. The van der Waals surface area contributed by atoms with Crippen LogP contribution in [0.25, 0.3) is 0 Å². The molecule has 2 N–H and O–H groups in total. The highest BCUT2D eigenvalue weighted by Crippen LogP contribution is 2.27. The number of ether oxygens (including phenoxy) is 2. The van der Waals surface area contributed by atoms with E-state index in [1.807, 2.05) is 24.3 Å². The van der Waals surface area contributed by atoms with Crippen LogP contribution in [0.5, 0.6) is 5.75 Å². The molecule has 1 aromatic rings. The first-order chi connectivity index (χ1) is 17.7. The van der Waals surface area contributed by atoms with Crippen LogP contribution in [0, 0.1) is 5.92 Å². The Morgan fingerprint density at radius 2 is 1.84 bits per heavy atom. The number of carbonyl (C=O) groups excluding carboxylic acids is 3. The molecule has 0 unspecified atom stereocenters. The summed E-state index contributed by atoms with van der Waals surface area (Å²) < 4.78 is 10.7. The minimum absolute atomic E-state index is 0.227. The molecule has 0 radical (unpaired) electrons. The van der Waals surface area contributed by atoms with Gasteiger partial charge in [0.05, 0.1) is 13.0 Å². The van der Waals surface area contributed by atoms with E-state index in [-0.39, 0.29) is 11.8 Å². The number of nitrogens with zero attached hydrogens (tertiary/aromatic N) is 1. The fraction of sp³-hybridized carbons (Fsp3) is 0.667. The van der Waals surface area contributed by atoms with Gasteiger partial charge in [-0.3, -0.25) is 14.5 Å². The van der Waals surface area contributed by atoms with E-state index in [0.717, 1.165) is 17.1 Å². The van der Waals surface area contributed by atoms with E-state index in [9.17, 15) is 14.4 Å². The van der Waals surface area contributed by atoms with Crippen LogP contribution in [0.4, 0.5) is 4.79 Å². The van der Waals surface area contributed by atoms with Crippen LogP contribution < -0.4 is 15.4 Å². The maximum atomic E-state index is 13.3. The van der Waals surface area contributed by atoms with E-state index in [2.05, 4.69) is 10.6 Å². The number of amides is 3. The van der Waals surface area contributed by atoms with Crippen LogP contribution in [0.2, 0.25) is 0 Å². The Kier molecular flexibility index (Phi) is 11.3. The monoisotopic (exact) mass is 551 g/mol. The second kappa shape index (κ2) is 14.2. The summed E-state index contributed by atoms with van der Waals surface area (Å²) in [5, 5.41) is 5.91. The molecular formula is C27H41N3O5S2. The van der Waals surface area contributed by atoms with E-state index in [1.165, 1.54) is 48.8 Å². The fourth-order valence-corrected chi connectivity index (χ4v) is 6.79. The normalized spacial score (nSPS) is 19.2. The molecule has 8 nitrogen and oxygen atoms in total. The van der Waals surface area contributed by atoms with Gasteiger partial charge in [0.1, 0.15) is 23.4 Å². The molecule has 2 aliphatic rings. The van der Waals surface area contributed by atoms with Crippen molar-refractivity contribution in [2.45, 2.75) is 77.1 Å². The molecule has 1 saturated carbocycles. The van der Waals surface area contributed by atoms with Crippen molar-refractivity contribution < 1.29 is 23.9 Å². The molecule has 206 valence electrons. The third kappa shape index (κ3) is 9.63. The summed E-state index contributed by atoms with van der Waals surface area (Å²) in [5.74, 6) is 3.21. The van der Waals surface area contributed by atoms with Crippen LogP contribution in [-0.4, -0.2) is 70.7 Å². The summed E-state index contributed by atoms with van der Waals surface area (Å²) >= 11 is 3.22. The second-order valence-electron chi connectivity index (χ2n) is 10.6. The van der Waals surface area contributed by atoms with E-state index in [4.69, 9.17) is 9.47 Å². The van der Waals surface area contributed by atoms with Crippen molar-refractivity contribution in [3.63, 3.8) is 0 Å². The van der Waals surface area contributed by atoms with Crippen molar-refractivity contribution in [2.24, 2.45) is 5.92 Å². The molecule has 0 spiro atoms. The summed E-state index contributed by atoms with van der Waals surface area (Å²) in [6.45, 7) is 5.76. The number of thioether (sulfide) groups is 2. The number of carbonyl (C=O) groups is 3. The molecule has 1 saturated heterocycles. The first-order valence-electron chi connectivity index (χ1n) is 13.0. The van der Waals surface area contributed by atoms with E-state index < -0.39 is 23.8 Å². The third-order valence-corrected chi connectivity index (χ3v) is 8.72. The van der Waals surface area contributed by atoms with Gasteiger partial charge in [-0.1, -0.05) is 31.4 Å². The number of benzene rings is 1. The number of rotatable bonds is 10. The quantitative estimate of drug-likeness (QED) is 0.444. The van der Waals surface area contributed by atoms with Gasteiger partial charge in [-0.2, -0.15) is 11.8 Å². The van der Waals surface area contributed by atoms with Gasteiger partial charge in [0, 0.05) is 18.1 Å². The lowest BCUT2D eigenvalue weighted by molar-refractivity contribution is -0.130. The first-order valence-corrected chi connectivity index (χ1v) is 15.3. The van der Waals surface area contributed by atoms with Gasteiger partial charge in [0.2, 0.25) is 11.8 Å². The molecular weight excluding hydrogens is 510 g/mol. The highest BCUT2D eigenvalue weighted by molar-refractivity contribution is 7.99. The molecule has 0 aromatic heterocycles. The highest BCUT2D eigenvalue weighted by atomic mass is 32.2. The largest absolute Gasteiger partial charge is 0.497 e. The minimum atomic E-state index is -0.689. The molecule has 1 heterocycles. The van der Waals surface area contributed by atoms with Gasteiger partial charge < -0.3 is 20.1 Å². The van der Waals surface area contributed by atoms with E-state index >= 15 is 0 Å². The highest BCUT2D eigenvalue weighted by Gasteiger charge is 2.38. The summed E-state index contributed by atoms with van der Waals surface area (Å²) in [6, 6.07) is 6.15. The van der Waals surface area contributed by atoms with Crippen LogP contribution in [-0.2, 0) is 20.9 Å². The first kappa shape index (κ1) is 29.5. The molecule has 2 fully saturated rings. The molecule has 1 aliphatic carbocycles. The lowest BCUT2D eigenvalue weighted by Gasteiger charge is -2.28. The summed E-state index contributed by atoms with van der Waals surface area (Å²) in [4.78, 5) is 40.6. The van der Waals surface area contributed by atoms with Crippen LogP contribution >= 0.6 is 23.5 Å². The van der Waals surface area contributed by atoms with Crippen molar-refractivity contribution in [1.29, 1.82) is 0 Å². The molecule has 0 bridgehead atoms. The maximum Gasteiger partial charge on any atom is 0.411 e. The predicted molar refractivity (Wildman–Crippen MR) is 150 cm³/mol. The molecule has 3 amide bonds. The van der Waals surface area contributed by atoms with Crippen molar-refractivity contribution in [3.05, 3.63) is 29.8 Å². The lowest BCUT2D eigenvalue weighted by Crippen LogP contribution is -2.55. The molecule has 1 aliphatic heterocycles. The topological polar surface area (TPSA) is 97.0 Å². The lowest BCUT2D eigenvalue weighted by atomic mass is 9.91. The Bertz CT molecular complexity index is 900. The molecule has 1 aromatic carbocycles. The Hall–Kier alpha value is -2.07. The SMILES string of the molecule is COc1ccc(CNC(=O)[C@@H](CSCC2CCCCC2)NC(=O)[C@H]2CSCN2C(=O)OC(C)(C)C)cc1. The van der Waals surface area contributed by atoms with Crippen LogP contribution in [0.15, 0.2) is 24.3 Å². The summed E-state index contributed by atoms with van der Waals surface area (Å²) in [7, 11) is 1.61. The Morgan fingerprint density at radius 3 is 2.49 bits per heavy atom. The number of nitrogens with one attached hydrogen (secondary N) is 2. The number of hydrogen-bond acceptors (Lipinski definition) is 7. The second-order valence-corrected chi connectivity index (χ2v) is 12.7. The average molecular weight is 552 g/mol. The minimum Gasteiger partial charge on any atom is -0.497 e. The third-order valence-electron chi connectivity index (χ3n) is 6.43. The molecule has 10 heteroatoms. The Morgan fingerprint density at radius 1 is 1.14 bits per heavy atom. The van der Waals surface area contributed by atoms with Crippen molar-refractivity contribution in [3.8, 4) is 5.75 Å². The smallest absolute Gasteiger partial charge is 0.411 e. The Balaban J connectivity index is 1.61. The van der Waals surface area contributed by atoms with Gasteiger partial charge in [-0.25, -0.2) is 4.79 Å². The number of methoxy groups -OCH3 is 1.